The van der Waals surface area contributed by atoms with Crippen LogP contribution in [0.15, 0.2) is 5.51 Å². The van der Waals surface area contributed by atoms with Gasteiger partial charge in [-0.2, -0.15) is 0 Å². The summed E-state index contributed by atoms with van der Waals surface area (Å²) in [5, 5.41) is 11.7. The van der Waals surface area contributed by atoms with Crippen LogP contribution in [0.1, 0.15) is 55.4 Å². The number of nitrogens with zero attached hydrogens (tertiary/aromatic N) is 1. The molecule has 1 atom stereocenters. The fourth-order valence-corrected chi connectivity index (χ4v) is 2.99. The fourth-order valence-electron chi connectivity index (χ4n) is 2.27. The number of aryl methyl sites for hydroxylation is 1. The van der Waals surface area contributed by atoms with Crippen molar-refractivity contribution in [2.75, 3.05) is 6.54 Å². The van der Waals surface area contributed by atoms with Gasteiger partial charge in [0.25, 0.3) is 5.91 Å². The predicted octanol–water partition coefficient (Wildman–Crippen LogP) is 3.10. The number of carboxylic acid groups (broad SMARTS) is 1. The molecule has 0 fully saturated rings. The second-order valence-corrected chi connectivity index (χ2v) is 7.16. The normalized spacial score (nSPS) is 13.0. The second-order valence-electron chi connectivity index (χ2n) is 6.31. The van der Waals surface area contributed by atoms with Crippen molar-refractivity contribution in [3.63, 3.8) is 0 Å². The van der Waals surface area contributed by atoms with Crippen LogP contribution in [0.3, 0.4) is 0 Å². The van der Waals surface area contributed by atoms with E-state index in [0.29, 0.717) is 17.8 Å². The number of carboxylic acids is 1. The molecule has 1 heterocycles. The van der Waals surface area contributed by atoms with Crippen LogP contribution in [0.25, 0.3) is 0 Å². The van der Waals surface area contributed by atoms with Crippen LogP contribution >= 0.6 is 11.3 Å². The number of amides is 1. The summed E-state index contributed by atoms with van der Waals surface area (Å²) < 4.78 is 0. The SMILES string of the molecule is Cc1ncsc1C(=O)NCCC(CCC(=O)O)C(C)(C)C. The lowest BCUT2D eigenvalue weighted by Crippen LogP contribution is -2.29. The summed E-state index contributed by atoms with van der Waals surface area (Å²) in [6.45, 7) is 8.69. The quantitative estimate of drug-likeness (QED) is 0.811. The maximum absolute atomic E-state index is 12.0. The summed E-state index contributed by atoms with van der Waals surface area (Å²) in [4.78, 5) is 27.4. The minimum absolute atomic E-state index is 0.0284. The Morgan fingerprint density at radius 2 is 2.05 bits per heavy atom. The lowest BCUT2D eigenvalue weighted by Gasteiger charge is -2.30. The van der Waals surface area contributed by atoms with Crippen molar-refractivity contribution < 1.29 is 14.7 Å². The Morgan fingerprint density at radius 3 is 2.52 bits per heavy atom. The highest BCUT2D eigenvalue weighted by Gasteiger charge is 2.25. The predicted molar refractivity (Wildman–Crippen MR) is 83.6 cm³/mol. The van der Waals surface area contributed by atoms with E-state index >= 15 is 0 Å². The highest BCUT2D eigenvalue weighted by molar-refractivity contribution is 7.11. The number of hydrogen-bond donors (Lipinski definition) is 2. The first kappa shape index (κ1) is 17.6. The lowest BCUT2D eigenvalue weighted by atomic mass is 9.76. The average Bonchev–Trinajstić information content (AvgIpc) is 2.77. The van der Waals surface area contributed by atoms with Crippen LogP contribution in [-0.2, 0) is 4.79 Å². The van der Waals surface area contributed by atoms with E-state index in [0.717, 1.165) is 12.1 Å². The van der Waals surface area contributed by atoms with Crippen LogP contribution < -0.4 is 5.32 Å². The van der Waals surface area contributed by atoms with Gasteiger partial charge in [-0.05, 0) is 31.1 Å². The van der Waals surface area contributed by atoms with E-state index in [-0.39, 0.29) is 23.7 Å². The van der Waals surface area contributed by atoms with Gasteiger partial charge in [0.15, 0.2) is 0 Å². The van der Waals surface area contributed by atoms with E-state index in [4.69, 9.17) is 5.11 Å². The van der Waals surface area contributed by atoms with Gasteiger partial charge < -0.3 is 10.4 Å². The van der Waals surface area contributed by atoms with Gasteiger partial charge in [0.05, 0.1) is 11.2 Å². The summed E-state index contributed by atoms with van der Waals surface area (Å²) in [5.74, 6) is -0.606. The van der Waals surface area contributed by atoms with Crippen LogP contribution in [0.5, 0.6) is 0 Å². The first-order valence-corrected chi connectivity index (χ1v) is 8.00. The third-order valence-corrected chi connectivity index (χ3v) is 4.59. The third kappa shape index (κ3) is 5.83. The first-order valence-electron chi connectivity index (χ1n) is 7.12. The van der Waals surface area contributed by atoms with Crippen molar-refractivity contribution in [3.05, 3.63) is 16.1 Å². The Hall–Kier alpha value is -1.43. The van der Waals surface area contributed by atoms with Crippen LogP contribution in [0.4, 0.5) is 0 Å². The Morgan fingerprint density at radius 1 is 1.38 bits per heavy atom. The zero-order chi connectivity index (χ0) is 16.0. The molecule has 5 nitrogen and oxygen atoms in total. The second kappa shape index (κ2) is 7.54. The molecule has 0 spiro atoms. The summed E-state index contributed by atoms with van der Waals surface area (Å²) >= 11 is 1.34. The maximum atomic E-state index is 12.0. The van der Waals surface area contributed by atoms with E-state index in [1.807, 2.05) is 6.92 Å². The monoisotopic (exact) mass is 312 g/mol. The standard InChI is InChI=1S/C15H24N2O3S/c1-10-13(21-9-17-10)14(20)16-8-7-11(15(2,3)4)5-6-12(18)19/h9,11H,5-8H2,1-4H3,(H,16,20)(H,18,19). The van der Waals surface area contributed by atoms with Gasteiger partial charge in [-0.1, -0.05) is 20.8 Å². The molecule has 0 aliphatic carbocycles. The molecule has 1 unspecified atom stereocenters. The number of rotatable bonds is 7. The zero-order valence-corrected chi connectivity index (χ0v) is 13.9. The molecule has 1 aromatic heterocycles. The van der Waals surface area contributed by atoms with Crippen molar-refractivity contribution in [2.24, 2.45) is 11.3 Å². The van der Waals surface area contributed by atoms with E-state index in [1.54, 1.807) is 5.51 Å². The molecular weight excluding hydrogens is 288 g/mol. The number of nitrogens with one attached hydrogen (secondary N) is 1. The highest BCUT2D eigenvalue weighted by Crippen LogP contribution is 2.32. The topological polar surface area (TPSA) is 79.3 Å². The average molecular weight is 312 g/mol. The molecule has 118 valence electrons. The molecule has 0 bridgehead atoms. The molecular formula is C15H24N2O3S. The van der Waals surface area contributed by atoms with Crippen LogP contribution in [0.2, 0.25) is 0 Å². The Balaban J connectivity index is 2.48. The number of carbonyl (C=O) groups excluding carboxylic acids is 1. The van der Waals surface area contributed by atoms with E-state index in [2.05, 4.69) is 31.1 Å². The number of aliphatic carboxylic acids is 1. The Kier molecular flexibility index (Phi) is 6.33. The van der Waals surface area contributed by atoms with E-state index in [9.17, 15) is 9.59 Å². The molecule has 0 aromatic carbocycles. The maximum Gasteiger partial charge on any atom is 0.303 e. The van der Waals surface area contributed by atoms with Gasteiger partial charge in [0.2, 0.25) is 0 Å². The summed E-state index contributed by atoms with van der Waals surface area (Å²) in [6, 6.07) is 0. The summed E-state index contributed by atoms with van der Waals surface area (Å²) in [6.07, 6.45) is 1.58. The van der Waals surface area contributed by atoms with Crippen molar-refractivity contribution in [1.82, 2.24) is 10.3 Å². The number of carbonyl (C=O) groups is 2. The van der Waals surface area contributed by atoms with Crippen LogP contribution in [0, 0.1) is 18.3 Å². The largest absolute Gasteiger partial charge is 0.481 e. The number of thiazole rings is 1. The zero-order valence-electron chi connectivity index (χ0n) is 13.1. The molecule has 1 amide bonds. The Bertz CT molecular complexity index is 491. The first-order chi connectivity index (χ1) is 9.71. The summed E-state index contributed by atoms with van der Waals surface area (Å²) in [5.41, 5.74) is 2.44. The third-order valence-electron chi connectivity index (χ3n) is 3.66. The molecule has 0 aliphatic rings. The minimum Gasteiger partial charge on any atom is -0.481 e. The van der Waals surface area contributed by atoms with Gasteiger partial charge >= 0.3 is 5.97 Å². The van der Waals surface area contributed by atoms with E-state index < -0.39 is 5.97 Å². The smallest absolute Gasteiger partial charge is 0.303 e. The molecule has 1 rings (SSSR count). The van der Waals surface area contributed by atoms with Gasteiger partial charge in [0.1, 0.15) is 4.88 Å². The van der Waals surface area contributed by atoms with Crippen molar-refractivity contribution >= 4 is 23.2 Å². The van der Waals surface area contributed by atoms with Gasteiger partial charge in [0, 0.05) is 13.0 Å². The molecule has 0 radical (unpaired) electrons. The van der Waals surface area contributed by atoms with E-state index in [1.165, 1.54) is 11.3 Å². The number of hydrogen-bond acceptors (Lipinski definition) is 4. The molecule has 21 heavy (non-hydrogen) atoms. The lowest BCUT2D eigenvalue weighted by molar-refractivity contribution is -0.137. The molecule has 2 N–H and O–H groups in total. The molecule has 6 heteroatoms. The van der Waals surface area contributed by atoms with Gasteiger partial charge in [-0.3, -0.25) is 9.59 Å². The minimum atomic E-state index is -0.770. The fraction of sp³-hybridized carbons (Fsp3) is 0.667. The highest BCUT2D eigenvalue weighted by atomic mass is 32.1. The van der Waals surface area contributed by atoms with Gasteiger partial charge in [-0.25, -0.2) is 4.98 Å². The van der Waals surface area contributed by atoms with Crippen molar-refractivity contribution in [2.45, 2.75) is 47.0 Å². The van der Waals surface area contributed by atoms with Gasteiger partial charge in [-0.15, -0.1) is 11.3 Å². The van der Waals surface area contributed by atoms with Crippen molar-refractivity contribution in [1.29, 1.82) is 0 Å². The van der Waals surface area contributed by atoms with Crippen molar-refractivity contribution in [3.8, 4) is 0 Å². The molecule has 0 aliphatic heterocycles. The molecule has 0 saturated carbocycles. The molecule has 1 aromatic rings. The molecule has 0 saturated heterocycles. The Labute approximate surface area is 129 Å². The van der Waals surface area contributed by atoms with Crippen LogP contribution in [-0.4, -0.2) is 28.5 Å². The summed E-state index contributed by atoms with van der Waals surface area (Å²) in [7, 11) is 0. The number of aromatic nitrogens is 1.